The molecule has 0 saturated carbocycles. The highest BCUT2D eigenvalue weighted by atomic mass is 32.1. The molecule has 0 saturated heterocycles. The fourth-order valence-corrected chi connectivity index (χ4v) is 2.17. The van der Waals surface area contributed by atoms with E-state index in [9.17, 15) is 4.79 Å². The quantitative estimate of drug-likeness (QED) is 0.629. The van der Waals surface area contributed by atoms with Crippen LogP contribution in [0.3, 0.4) is 0 Å². The lowest BCUT2D eigenvalue weighted by Gasteiger charge is -2.17. The second kappa shape index (κ2) is 7.49. The van der Waals surface area contributed by atoms with Gasteiger partial charge in [0.15, 0.2) is 0 Å². The Kier molecular flexibility index (Phi) is 5.39. The van der Waals surface area contributed by atoms with Crippen LogP contribution in [0.4, 0.5) is 10.9 Å². The lowest BCUT2D eigenvalue weighted by Crippen LogP contribution is -2.20. The van der Waals surface area contributed by atoms with Gasteiger partial charge in [-0.05, 0) is 25.0 Å². The summed E-state index contributed by atoms with van der Waals surface area (Å²) in [6, 6.07) is 3.59. The van der Waals surface area contributed by atoms with E-state index in [1.54, 1.807) is 17.8 Å². The number of nitrogens with zero attached hydrogens (tertiary/aromatic N) is 4. The normalized spacial score (nSPS) is 10.1. The Bertz CT molecular complexity index is 582. The maximum absolute atomic E-state index is 12.0. The number of unbranched alkanes of at least 4 members (excludes halogenated alkanes) is 1. The Morgan fingerprint density at radius 1 is 1.52 bits per heavy atom. The van der Waals surface area contributed by atoms with Gasteiger partial charge in [0.25, 0.3) is 5.91 Å². The Morgan fingerprint density at radius 2 is 2.38 bits per heavy atom. The first-order valence-corrected chi connectivity index (χ1v) is 7.44. The number of allylic oxidation sites excluding steroid dienone is 1. The van der Waals surface area contributed by atoms with Crippen LogP contribution in [0.15, 0.2) is 36.5 Å². The molecular formula is C14H17N5OS. The fraction of sp³-hybridized carbons (Fsp3) is 0.286. The van der Waals surface area contributed by atoms with Gasteiger partial charge in [-0.25, -0.2) is 4.98 Å². The van der Waals surface area contributed by atoms with E-state index in [1.165, 1.54) is 11.3 Å². The van der Waals surface area contributed by atoms with Crippen molar-refractivity contribution in [3.8, 4) is 0 Å². The van der Waals surface area contributed by atoms with Crippen LogP contribution in [-0.4, -0.2) is 34.7 Å². The molecule has 2 rings (SSSR count). The fourth-order valence-electron chi connectivity index (χ4n) is 1.73. The summed E-state index contributed by atoms with van der Waals surface area (Å²) in [7, 11) is 1.98. The first-order valence-electron chi connectivity index (χ1n) is 6.56. The average Bonchev–Trinajstić information content (AvgIpc) is 3.00. The van der Waals surface area contributed by atoms with Crippen LogP contribution < -0.4 is 10.2 Å². The van der Waals surface area contributed by atoms with Gasteiger partial charge < -0.3 is 4.90 Å². The zero-order chi connectivity index (χ0) is 15.1. The number of hydrogen-bond donors (Lipinski definition) is 1. The van der Waals surface area contributed by atoms with Gasteiger partial charge in [0.05, 0.1) is 5.56 Å². The molecule has 0 atom stereocenters. The minimum Gasteiger partial charge on any atom is -0.360 e. The minimum atomic E-state index is -0.236. The van der Waals surface area contributed by atoms with Crippen LogP contribution >= 0.6 is 11.3 Å². The monoisotopic (exact) mass is 303 g/mol. The van der Waals surface area contributed by atoms with Crippen LogP contribution in [0.5, 0.6) is 0 Å². The molecule has 0 fully saturated rings. The summed E-state index contributed by atoms with van der Waals surface area (Å²) in [5, 5.41) is 10.6. The Hall–Kier alpha value is -2.28. The third-order valence-electron chi connectivity index (χ3n) is 2.88. The minimum absolute atomic E-state index is 0.236. The van der Waals surface area contributed by atoms with Crippen molar-refractivity contribution in [2.75, 3.05) is 23.8 Å². The first-order chi connectivity index (χ1) is 10.2. The van der Waals surface area contributed by atoms with E-state index in [0.717, 1.165) is 25.2 Å². The standard InChI is InChI=1S/C14H17N5OS/c1-3-4-5-8-19(2)12-7-6-11(9-15-12)13(20)17-14-18-16-10-21-14/h3,6-7,9-10H,1,4-5,8H2,2H3,(H,17,18,20). The van der Waals surface area contributed by atoms with E-state index in [0.29, 0.717) is 10.7 Å². The van der Waals surface area contributed by atoms with Gasteiger partial charge in [-0.1, -0.05) is 17.4 Å². The van der Waals surface area contributed by atoms with Crippen molar-refractivity contribution in [2.45, 2.75) is 12.8 Å². The SMILES string of the molecule is C=CCCCN(C)c1ccc(C(=O)Nc2nncs2)cn1. The van der Waals surface area contributed by atoms with Crippen molar-refractivity contribution in [1.82, 2.24) is 15.2 Å². The maximum atomic E-state index is 12.0. The summed E-state index contributed by atoms with van der Waals surface area (Å²) in [4.78, 5) is 18.3. The van der Waals surface area contributed by atoms with Gasteiger partial charge in [-0.3, -0.25) is 10.1 Å². The third-order valence-corrected chi connectivity index (χ3v) is 3.49. The molecule has 21 heavy (non-hydrogen) atoms. The molecule has 1 amide bonds. The summed E-state index contributed by atoms with van der Waals surface area (Å²) in [6.07, 6.45) is 5.48. The molecule has 0 bridgehead atoms. The molecule has 0 aromatic carbocycles. The number of anilines is 2. The number of carbonyl (C=O) groups is 1. The van der Waals surface area contributed by atoms with E-state index in [2.05, 4.69) is 32.0 Å². The summed E-state index contributed by atoms with van der Waals surface area (Å²) >= 11 is 1.27. The van der Waals surface area contributed by atoms with Crippen molar-refractivity contribution in [3.05, 3.63) is 42.1 Å². The predicted molar refractivity (Wildman–Crippen MR) is 84.8 cm³/mol. The van der Waals surface area contributed by atoms with Gasteiger partial charge in [0.1, 0.15) is 11.3 Å². The summed E-state index contributed by atoms with van der Waals surface area (Å²) in [5.74, 6) is 0.603. The van der Waals surface area contributed by atoms with Crippen molar-refractivity contribution in [2.24, 2.45) is 0 Å². The first kappa shape index (κ1) is 15.1. The summed E-state index contributed by atoms with van der Waals surface area (Å²) in [5.41, 5.74) is 2.06. The van der Waals surface area contributed by atoms with Crippen molar-refractivity contribution < 1.29 is 4.79 Å². The third kappa shape index (κ3) is 4.35. The Balaban J connectivity index is 1.94. The zero-order valence-corrected chi connectivity index (χ0v) is 12.6. The number of pyridine rings is 1. The number of hydrogen-bond acceptors (Lipinski definition) is 6. The van der Waals surface area contributed by atoms with E-state index in [4.69, 9.17) is 0 Å². The van der Waals surface area contributed by atoms with Crippen LogP contribution in [0, 0.1) is 0 Å². The highest BCUT2D eigenvalue weighted by Gasteiger charge is 2.09. The number of aromatic nitrogens is 3. The lowest BCUT2D eigenvalue weighted by molar-refractivity contribution is 0.102. The maximum Gasteiger partial charge on any atom is 0.259 e. The van der Waals surface area contributed by atoms with Crippen molar-refractivity contribution in [1.29, 1.82) is 0 Å². The average molecular weight is 303 g/mol. The molecule has 7 heteroatoms. The second-order valence-corrected chi connectivity index (χ2v) is 5.29. The number of nitrogens with one attached hydrogen (secondary N) is 1. The molecule has 0 radical (unpaired) electrons. The Morgan fingerprint density at radius 3 is 3.00 bits per heavy atom. The van der Waals surface area contributed by atoms with Crippen molar-refractivity contribution >= 4 is 28.2 Å². The van der Waals surface area contributed by atoms with Crippen LogP contribution in [0.25, 0.3) is 0 Å². The van der Waals surface area contributed by atoms with Crippen LogP contribution in [0.1, 0.15) is 23.2 Å². The largest absolute Gasteiger partial charge is 0.360 e. The molecule has 0 aliphatic heterocycles. The molecule has 2 aromatic rings. The van der Waals surface area contributed by atoms with Gasteiger partial charge in [-0.2, -0.15) is 0 Å². The predicted octanol–water partition coefficient (Wildman–Crippen LogP) is 2.59. The highest BCUT2D eigenvalue weighted by Crippen LogP contribution is 2.13. The van der Waals surface area contributed by atoms with Gasteiger partial charge >= 0.3 is 0 Å². The molecule has 0 spiro atoms. The summed E-state index contributed by atoms with van der Waals surface area (Å²) in [6.45, 7) is 4.60. The molecule has 2 heterocycles. The van der Waals surface area contributed by atoms with Gasteiger partial charge in [0, 0.05) is 19.8 Å². The molecule has 6 nitrogen and oxygen atoms in total. The number of rotatable bonds is 7. The molecule has 0 aliphatic rings. The number of amides is 1. The van der Waals surface area contributed by atoms with E-state index in [-0.39, 0.29) is 5.91 Å². The van der Waals surface area contributed by atoms with Gasteiger partial charge in [-0.15, -0.1) is 16.8 Å². The second-order valence-electron chi connectivity index (χ2n) is 4.46. The van der Waals surface area contributed by atoms with E-state index in [1.807, 2.05) is 19.2 Å². The topological polar surface area (TPSA) is 71.0 Å². The lowest BCUT2D eigenvalue weighted by atomic mass is 10.2. The summed E-state index contributed by atoms with van der Waals surface area (Å²) < 4.78 is 0. The highest BCUT2D eigenvalue weighted by molar-refractivity contribution is 7.13. The smallest absolute Gasteiger partial charge is 0.259 e. The molecule has 2 aromatic heterocycles. The van der Waals surface area contributed by atoms with Crippen LogP contribution in [-0.2, 0) is 0 Å². The number of carbonyl (C=O) groups excluding carboxylic acids is 1. The molecule has 110 valence electrons. The van der Waals surface area contributed by atoms with E-state index >= 15 is 0 Å². The van der Waals surface area contributed by atoms with E-state index < -0.39 is 0 Å². The zero-order valence-electron chi connectivity index (χ0n) is 11.8. The molecular weight excluding hydrogens is 286 g/mol. The molecule has 0 aliphatic carbocycles. The van der Waals surface area contributed by atoms with Gasteiger partial charge in [0.2, 0.25) is 5.13 Å². The molecule has 0 unspecified atom stereocenters. The van der Waals surface area contributed by atoms with Crippen molar-refractivity contribution in [3.63, 3.8) is 0 Å². The molecule has 1 N–H and O–H groups in total. The Labute approximate surface area is 127 Å². The van der Waals surface area contributed by atoms with Crippen LogP contribution in [0.2, 0.25) is 0 Å².